The number of rotatable bonds is 5. The monoisotopic (exact) mass is 497 g/mol. The van der Waals surface area contributed by atoms with E-state index in [1.54, 1.807) is 35.2 Å². The minimum atomic E-state index is -3.93. The molecular weight excluding hydrogens is 474 g/mol. The lowest BCUT2D eigenvalue weighted by atomic mass is 10.1. The molecule has 0 unspecified atom stereocenters. The van der Waals surface area contributed by atoms with Crippen LogP contribution in [0, 0.1) is 0 Å². The van der Waals surface area contributed by atoms with Crippen molar-refractivity contribution in [3.05, 3.63) is 41.4 Å². The molecule has 2 amide bonds. The Bertz CT molecular complexity index is 1140. The number of halogens is 1. The second kappa shape index (κ2) is 9.56. The summed E-state index contributed by atoms with van der Waals surface area (Å²) in [7, 11) is -3.93. The van der Waals surface area contributed by atoms with Crippen LogP contribution in [0.3, 0.4) is 0 Å². The number of amides is 2. The van der Waals surface area contributed by atoms with Gasteiger partial charge in [0, 0.05) is 11.6 Å². The van der Waals surface area contributed by atoms with E-state index in [2.05, 4.69) is 4.72 Å². The third-order valence-corrected chi connectivity index (χ3v) is 8.75. The van der Waals surface area contributed by atoms with E-state index in [0.29, 0.717) is 49.0 Å². The molecule has 2 aromatic rings. The van der Waals surface area contributed by atoms with Gasteiger partial charge in [-0.1, -0.05) is 34.9 Å². The maximum atomic E-state index is 13.0. The van der Waals surface area contributed by atoms with Crippen molar-refractivity contribution < 1.29 is 22.6 Å². The Morgan fingerprint density at radius 3 is 2.56 bits per heavy atom. The summed E-state index contributed by atoms with van der Waals surface area (Å²) in [6.45, 7) is 1.13. The Kier molecular flexibility index (Phi) is 6.97. The van der Waals surface area contributed by atoms with Crippen LogP contribution >= 0.6 is 11.6 Å². The predicted octanol–water partition coefficient (Wildman–Crippen LogP) is 1.35. The van der Waals surface area contributed by atoms with Crippen LogP contribution in [-0.4, -0.2) is 78.3 Å². The quantitative estimate of drug-likeness (QED) is 0.627. The first-order chi connectivity index (χ1) is 15.2. The minimum Gasteiger partial charge on any atom is -0.616 e. The zero-order valence-electron chi connectivity index (χ0n) is 17.3. The summed E-state index contributed by atoms with van der Waals surface area (Å²) >= 11 is 5.09. The lowest BCUT2D eigenvalue weighted by Crippen LogP contribution is -2.55. The number of hydrogen-bond acceptors (Lipinski definition) is 5. The number of fused-ring (bicyclic) bond motifs is 1. The number of hydrogen-bond donors (Lipinski definition) is 1. The molecule has 1 atom stereocenters. The van der Waals surface area contributed by atoms with Crippen molar-refractivity contribution in [1.29, 1.82) is 0 Å². The van der Waals surface area contributed by atoms with E-state index in [1.165, 1.54) is 11.0 Å². The van der Waals surface area contributed by atoms with Crippen molar-refractivity contribution in [2.45, 2.75) is 23.8 Å². The van der Waals surface area contributed by atoms with E-state index in [9.17, 15) is 22.6 Å². The molecule has 2 heterocycles. The van der Waals surface area contributed by atoms with Gasteiger partial charge in [0.2, 0.25) is 21.8 Å². The molecule has 4 rings (SSSR count). The number of benzene rings is 2. The number of likely N-dealkylation sites (tertiary alicyclic amines) is 1. The largest absolute Gasteiger partial charge is 0.616 e. The maximum Gasteiger partial charge on any atom is 0.242 e. The standard InChI is InChI=1S/C21H24ClN3O5S2/c22-17-5-3-16-13-18(6-4-15(16)12-17)32(29,30)23-19-2-1-7-25(21(19)27)14-20(26)24-8-10-31(28)11-9-24/h3-6,12-13,19,23H,1-2,7-11,14H2/t19-/m0/s1. The molecule has 0 aromatic heterocycles. The van der Waals surface area contributed by atoms with Crippen LogP contribution in [-0.2, 0) is 30.8 Å². The predicted molar refractivity (Wildman–Crippen MR) is 123 cm³/mol. The highest BCUT2D eigenvalue weighted by Crippen LogP contribution is 2.23. The third kappa shape index (κ3) is 5.20. The molecule has 172 valence electrons. The molecule has 0 spiro atoms. The van der Waals surface area contributed by atoms with Gasteiger partial charge in [0.15, 0.2) is 0 Å². The third-order valence-electron chi connectivity index (χ3n) is 5.77. The Morgan fingerprint density at radius 1 is 1.12 bits per heavy atom. The van der Waals surface area contributed by atoms with Crippen LogP contribution in [0.25, 0.3) is 10.8 Å². The van der Waals surface area contributed by atoms with Crippen molar-refractivity contribution in [2.75, 3.05) is 37.7 Å². The highest BCUT2D eigenvalue weighted by Gasteiger charge is 2.34. The van der Waals surface area contributed by atoms with E-state index in [1.807, 2.05) is 0 Å². The second-order valence-electron chi connectivity index (χ2n) is 7.96. The first-order valence-electron chi connectivity index (χ1n) is 10.4. The fraction of sp³-hybridized carbons (Fsp3) is 0.429. The summed E-state index contributed by atoms with van der Waals surface area (Å²) in [4.78, 5) is 28.6. The zero-order valence-corrected chi connectivity index (χ0v) is 19.7. The van der Waals surface area contributed by atoms with Gasteiger partial charge in [0.25, 0.3) is 0 Å². The summed E-state index contributed by atoms with van der Waals surface area (Å²) < 4.78 is 39.9. The zero-order chi connectivity index (χ0) is 22.9. The Labute approximate surface area is 195 Å². The summed E-state index contributed by atoms with van der Waals surface area (Å²) in [5.41, 5.74) is 0. The van der Waals surface area contributed by atoms with Crippen LogP contribution in [0.1, 0.15) is 12.8 Å². The molecule has 2 aliphatic heterocycles. The average molecular weight is 498 g/mol. The molecule has 2 aromatic carbocycles. The molecule has 1 N–H and O–H groups in total. The first-order valence-corrected chi connectivity index (χ1v) is 13.7. The summed E-state index contributed by atoms with van der Waals surface area (Å²) in [5, 5.41) is 2.10. The van der Waals surface area contributed by atoms with Crippen LogP contribution in [0.2, 0.25) is 5.02 Å². The summed E-state index contributed by atoms with van der Waals surface area (Å²) in [6.07, 6.45) is 0.959. The van der Waals surface area contributed by atoms with Crippen LogP contribution in [0.15, 0.2) is 41.3 Å². The number of nitrogens with zero attached hydrogens (tertiary/aromatic N) is 2. The summed E-state index contributed by atoms with van der Waals surface area (Å²) in [5.74, 6) is 0.285. The van der Waals surface area contributed by atoms with Crippen molar-refractivity contribution in [3.63, 3.8) is 0 Å². The number of carbonyl (C=O) groups is 2. The molecule has 2 aliphatic rings. The second-order valence-corrected chi connectivity index (χ2v) is 11.8. The fourth-order valence-electron chi connectivity index (χ4n) is 3.97. The normalized spacial score (nSPS) is 20.7. The number of sulfonamides is 1. The Morgan fingerprint density at radius 2 is 1.81 bits per heavy atom. The van der Waals surface area contributed by atoms with E-state index in [-0.39, 0.29) is 17.3 Å². The Balaban J connectivity index is 1.43. The van der Waals surface area contributed by atoms with Gasteiger partial charge in [0.05, 0.1) is 24.5 Å². The Hall–Kier alpha value is -1.85. The van der Waals surface area contributed by atoms with Gasteiger partial charge in [-0.3, -0.25) is 9.59 Å². The highest BCUT2D eigenvalue weighted by molar-refractivity contribution is 7.91. The fourth-order valence-corrected chi connectivity index (χ4v) is 6.47. The van der Waals surface area contributed by atoms with Gasteiger partial charge in [-0.15, -0.1) is 0 Å². The van der Waals surface area contributed by atoms with Gasteiger partial charge in [-0.25, -0.2) is 8.42 Å². The highest BCUT2D eigenvalue weighted by atomic mass is 35.5. The average Bonchev–Trinajstić information content (AvgIpc) is 2.76. The van der Waals surface area contributed by atoms with Gasteiger partial charge in [-0.2, -0.15) is 4.72 Å². The number of piperidine rings is 1. The molecule has 0 aliphatic carbocycles. The first kappa shape index (κ1) is 23.3. The van der Waals surface area contributed by atoms with Crippen LogP contribution in [0.4, 0.5) is 0 Å². The van der Waals surface area contributed by atoms with Crippen molar-refractivity contribution >= 4 is 55.4 Å². The van der Waals surface area contributed by atoms with Crippen LogP contribution < -0.4 is 4.72 Å². The van der Waals surface area contributed by atoms with Gasteiger partial charge in [-0.05, 0) is 47.9 Å². The molecule has 2 saturated heterocycles. The SMILES string of the molecule is O=C(CN1CCC[C@H](NS(=O)(=O)c2ccc3cc(Cl)ccc3c2)C1=O)N1CC[S+]([O-])CC1. The summed E-state index contributed by atoms with van der Waals surface area (Å²) in [6, 6.07) is 8.96. The van der Waals surface area contributed by atoms with Crippen LogP contribution in [0.5, 0.6) is 0 Å². The number of carbonyl (C=O) groups excluding carboxylic acids is 2. The van der Waals surface area contributed by atoms with Gasteiger partial charge in [0.1, 0.15) is 17.5 Å². The molecule has 8 nitrogen and oxygen atoms in total. The molecule has 0 bridgehead atoms. The maximum absolute atomic E-state index is 13.0. The molecule has 2 fully saturated rings. The smallest absolute Gasteiger partial charge is 0.242 e. The van der Waals surface area contributed by atoms with E-state index in [0.717, 1.165) is 10.8 Å². The van der Waals surface area contributed by atoms with Crippen molar-refractivity contribution in [3.8, 4) is 0 Å². The molecule has 32 heavy (non-hydrogen) atoms. The molecule has 0 saturated carbocycles. The van der Waals surface area contributed by atoms with E-state index in [4.69, 9.17) is 11.6 Å². The lowest BCUT2D eigenvalue weighted by Gasteiger charge is -2.34. The van der Waals surface area contributed by atoms with Crippen molar-refractivity contribution in [1.82, 2.24) is 14.5 Å². The molecule has 0 radical (unpaired) electrons. The minimum absolute atomic E-state index is 0.0645. The van der Waals surface area contributed by atoms with Crippen molar-refractivity contribution in [2.24, 2.45) is 0 Å². The number of nitrogens with one attached hydrogen (secondary N) is 1. The van der Waals surface area contributed by atoms with E-state index >= 15 is 0 Å². The lowest BCUT2D eigenvalue weighted by molar-refractivity contribution is -0.143. The topological polar surface area (TPSA) is 110 Å². The van der Waals surface area contributed by atoms with Gasteiger partial charge >= 0.3 is 0 Å². The van der Waals surface area contributed by atoms with E-state index < -0.39 is 33.1 Å². The molecule has 11 heteroatoms. The van der Waals surface area contributed by atoms with Gasteiger partial charge < -0.3 is 14.4 Å². The molecular formula is C21H24ClN3O5S2.